The number of hydrogen-bond donors (Lipinski definition) is 0. The number of nitro benzene ring substituents is 1. The second-order valence-corrected chi connectivity index (χ2v) is 5.47. The van der Waals surface area contributed by atoms with Crippen molar-refractivity contribution in [1.29, 1.82) is 0 Å². The maximum atomic E-state index is 12.0. The number of non-ortho nitro benzene ring substituents is 1. The fraction of sp³-hybridized carbons (Fsp3) is 0.467. The lowest BCUT2D eigenvalue weighted by atomic mass is 10.0. The van der Waals surface area contributed by atoms with Crippen LogP contribution >= 0.6 is 0 Å². The zero-order valence-electron chi connectivity index (χ0n) is 12.4. The maximum absolute atomic E-state index is 12.0. The molecule has 7 heteroatoms. The van der Waals surface area contributed by atoms with Crippen molar-refractivity contribution in [2.75, 3.05) is 19.7 Å². The molecule has 7 nitrogen and oxygen atoms in total. The highest BCUT2D eigenvalue weighted by Gasteiger charge is 2.22. The van der Waals surface area contributed by atoms with E-state index < -0.39 is 10.9 Å². The molecule has 1 aromatic carbocycles. The molecular weight excluding hydrogens is 288 g/mol. The number of carbonyl (C=O) groups is 2. The maximum Gasteiger partial charge on any atom is 0.338 e. The van der Waals surface area contributed by atoms with Crippen molar-refractivity contribution >= 4 is 17.6 Å². The lowest BCUT2D eigenvalue weighted by Crippen LogP contribution is -2.41. The topological polar surface area (TPSA) is 89.8 Å². The first-order chi connectivity index (χ1) is 10.5. The molecule has 0 aromatic heterocycles. The number of piperidine rings is 1. The van der Waals surface area contributed by atoms with Gasteiger partial charge in [0.25, 0.3) is 11.6 Å². The van der Waals surface area contributed by atoms with E-state index in [1.807, 2.05) is 0 Å². The van der Waals surface area contributed by atoms with Gasteiger partial charge in [0, 0.05) is 25.2 Å². The van der Waals surface area contributed by atoms with E-state index >= 15 is 0 Å². The van der Waals surface area contributed by atoms with Gasteiger partial charge in [-0.05, 0) is 30.9 Å². The second kappa shape index (κ2) is 7.02. The van der Waals surface area contributed by atoms with Crippen molar-refractivity contribution in [2.45, 2.75) is 19.8 Å². The van der Waals surface area contributed by atoms with Gasteiger partial charge < -0.3 is 9.64 Å². The Hall–Kier alpha value is -2.44. The van der Waals surface area contributed by atoms with Crippen LogP contribution in [0.15, 0.2) is 24.3 Å². The van der Waals surface area contributed by atoms with E-state index in [1.165, 1.54) is 24.3 Å². The molecule has 2 rings (SSSR count). The Kier molecular flexibility index (Phi) is 5.08. The molecule has 0 aliphatic carbocycles. The molecule has 1 aliphatic heterocycles. The Morgan fingerprint density at radius 1 is 1.36 bits per heavy atom. The van der Waals surface area contributed by atoms with Crippen molar-refractivity contribution in [3.8, 4) is 0 Å². The lowest BCUT2D eigenvalue weighted by molar-refractivity contribution is -0.384. The number of nitrogens with zero attached hydrogens (tertiary/aromatic N) is 2. The van der Waals surface area contributed by atoms with Gasteiger partial charge in [0.15, 0.2) is 6.61 Å². The first-order valence-electron chi connectivity index (χ1n) is 7.16. The third-order valence-corrected chi connectivity index (χ3v) is 3.65. The number of ether oxygens (including phenoxy) is 1. The minimum Gasteiger partial charge on any atom is -0.452 e. The Morgan fingerprint density at radius 3 is 2.64 bits per heavy atom. The zero-order chi connectivity index (χ0) is 16.1. The molecule has 1 fully saturated rings. The first kappa shape index (κ1) is 15.9. The summed E-state index contributed by atoms with van der Waals surface area (Å²) in [6.45, 7) is 3.16. The Balaban J connectivity index is 1.86. The number of rotatable bonds is 4. The van der Waals surface area contributed by atoms with Crippen LogP contribution in [0.4, 0.5) is 5.69 Å². The Labute approximate surface area is 128 Å². The molecule has 0 radical (unpaired) electrons. The standard InChI is InChI=1S/C15H18N2O5/c1-11-3-2-8-16(9-11)14(18)10-22-15(19)12-4-6-13(7-5-12)17(20)21/h4-7,11H,2-3,8-10H2,1H3/t11-/m1/s1. The van der Waals surface area contributed by atoms with Gasteiger partial charge >= 0.3 is 5.97 Å². The highest BCUT2D eigenvalue weighted by molar-refractivity contribution is 5.91. The van der Waals surface area contributed by atoms with Gasteiger partial charge in [0.05, 0.1) is 10.5 Å². The van der Waals surface area contributed by atoms with Crippen LogP contribution in [-0.4, -0.2) is 41.4 Å². The molecule has 0 unspecified atom stereocenters. The molecule has 22 heavy (non-hydrogen) atoms. The highest BCUT2D eigenvalue weighted by Crippen LogP contribution is 2.16. The number of benzene rings is 1. The summed E-state index contributed by atoms with van der Waals surface area (Å²) in [6.07, 6.45) is 2.07. The first-order valence-corrected chi connectivity index (χ1v) is 7.16. The highest BCUT2D eigenvalue weighted by atomic mass is 16.6. The van der Waals surface area contributed by atoms with Gasteiger partial charge in [-0.3, -0.25) is 14.9 Å². The van der Waals surface area contributed by atoms with Crippen LogP contribution in [-0.2, 0) is 9.53 Å². The third kappa shape index (κ3) is 4.03. The van der Waals surface area contributed by atoms with E-state index in [-0.39, 0.29) is 23.8 Å². The molecule has 118 valence electrons. The van der Waals surface area contributed by atoms with Gasteiger partial charge in [-0.2, -0.15) is 0 Å². The van der Waals surface area contributed by atoms with Crippen LogP contribution in [0.3, 0.4) is 0 Å². The summed E-state index contributed by atoms with van der Waals surface area (Å²) in [6, 6.07) is 5.08. The second-order valence-electron chi connectivity index (χ2n) is 5.47. The average molecular weight is 306 g/mol. The van der Waals surface area contributed by atoms with Crippen molar-refractivity contribution < 1.29 is 19.2 Å². The third-order valence-electron chi connectivity index (χ3n) is 3.65. The van der Waals surface area contributed by atoms with Crippen LogP contribution in [0.5, 0.6) is 0 Å². The molecule has 1 aromatic rings. The number of esters is 1. The molecule has 1 atom stereocenters. The van der Waals surface area contributed by atoms with Crippen molar-refractivity contribution in [3.63, 3.8) is 0 Å². The average Bonchev–Trinajstić information content (AvgIpc) is 2.52. The molecule has 1 saturated heterocycles. The Morgan fingerprint density at radius 2 is 2.05 bits per heavy atom. The van der Waals surface area contributed by atoms with Crippen LogP contribution in [0, 0.1) is 16.0 Å². The van der Waals surface area contributed by atoms with Crippen LogP contribution < -0.4 is 0 Å². The normalized spacial score (nSPS) is 17.9. The summed E-state index contributed by atoms with van der Waals surface area (Å²) in [5.41, 5.74) is 0.0837. The van der Waals surface area contributed by atoms with E-state index in [1.54, 1.807) is 4.90 Å². The summed E-state index contributed by atoms with van der Waals surface area (Å²) in [5, 5.41) is 10.5. The van der Waals surface area contributed by atoms with Gasteiger partial charge in [0.2, 0.25) is 0 Å². The molecule has 1 amide bonds. The number of hydrogen-bond acceptors (Lipinski definition) is 5. The van der Waals surface area contributed by atoms with Crippen LogP contribution in [0.1, 0.15) is 30.1 Å². The molecular formula is C15H18N2O5. The van der Waals surface area contributed by atoms with Crippen LogP contribution in [0.2, 0.25) is 0 Å². The van der Waals surface area contributed by atoms with E-state index in [4.69, 9.17) is 4.74 Å². The largest absolute Gasteiger partial charge is 0.452 e. The summed E-state index contributed by atoms with van der Waals surface area (Å²) in [5.74, 6) is -0.404. The summed E-state index contributed by atoms with van der Waals surface area (Å²) >= 11 is 0. The molecule has 0 bridgehead atoms. The van der Waals surface area contributed by atoms with Crippen molar-refractivity contribution in [1.82, 2.24) is 4.90 Å². The fourth-order valence-corrected chi connectivity index (χ4v) is 2.44. The van der Waals surface area contributed by atoms with E-state index in [0.29, 0.717) is 19.0 Å². The van der Waals surface area contributed by atoms with Crippen molar-refractivity contribution in [3.05, 3.63) is 39.9 Å². The minimum absolute atomic E-state index is 0.102. The predicted molar refractivity (Wildman–Crippen MR) is 78.4 cm³/mol. The fourth-order valence-electron chi connectivity index (χ4n) is 2.44. The number of likely N-dealkylation sites (tertiary alicyclic amines) is 1. The van der Waals surface area contributed by atoms with Gasteiger partial charge in [-0.25, -0.2) is 4.79 Å². The van der Waals surface area contributed by atoms with Crippen LogP contribution in [0.25, 0.3) is 0 Å². The van der Waals surface area contributed by atoms with Gasteiger partial charge in [0.1, 0.15) is 0 Å². The summed E-state index contributed by atoms with van der Waals surface area (Å²) in [4.78, 5) is 35.5. The lowest BCUT2D eigenvalue weighted by Gasteiger charge is -2.30. The SMILES string of the molecule is C[C@@H]1CCCN(C(=O)COC(=O)c2ccc([N+](=O)[O-])cc2)C1. The number of carbonyl (C=O) groups excluding carboxylic acids is 2. The van der Waals surface area contributed by atoms with E-state index in [0.717, 1.165) is 12.8 Å². The molecule has 0 N–H and O–H groups in total. The molecule has 0 saturated carbocycles. The summed E-state index contributed by atoms with van der Waals surface area (Å²) < 4.78 is 4.98. The Bertz CT molecular complexity index is 570. The zero-order valence-corrected chi connectivity index (χ0v) is 12.4. The van der Waals surface area contributed by atoms with Gasteiger partial charge in [-0.1, -0.05) is 6.92 Å². The molecule has 1 aliphatic rings. The predicted octanol–water partition coefficient (Wildman–Crippen LogP) is 2.01. The number of amides is 1. The smallest absolute Gasteiger partial charge is 0.338 e. The quantitative estimate of drug-likeness (QED) is 0.482. The molecule has 1 heterocycles. The van der Waals surface area contributed by atoms with E-state index in [2.05, 4.69) is 6.92 Å². The van der Waals surface area contributed by atoms with E-state index in [9.17, 15) is 19.7 Å². The molecule has 0 spiro atoms. The monoisotopic (exact) mass is 306 g/mol. The summed E-state index contributed by atoms with van der Waals surface area (Å²) in [7, 11) is 0. The van der Waals surface area contributed by atoms with Crippen molar-refractivity contribution in [2.24, 2.45) is 5.92 Å². The van der Waals surface area contributed by atoms with Gasteiger partial charge in [-0.15, -0.1) is 0 Å². The number of nitro groups is 1. The minimum atomic E-state index is -0.659.